The molecule has 0 unspecified atom stereocenters. The molecule has 2 rings (SSSR count). The fourth-order valence-corrected chi connectivity index (χ4v) is 1.75. The van der Waals surface area contributed by atoms with E-state index in [1.54, 1.807) is 13.2 Å². The molecule has 0 bridgehead atoms. The molecule has 0 saturated heterocycles. The van der Waals surface area contributed by atoms with E-state index >= 15 is 0 Å². The Balaban J connectivity index is 2.27. The van der Waals surface area contributed by atoms with Crippen LogP contribution < -0.4 is 10.5 Å². The van der Waals surface area contributed by atoms with Crippen LogP contribution in [0.1, 0.15) is 15.9 Å². The van der Waals surface area contributed by atoms with Gasteiger partial charge in [-0.1, -0.05) is 12.1 Å². The fraction of sp³-hybridized carbons (Fsp3) is 0.133. The number of anilines is 1. The van der Waals surface area contributed by atoms with E-state index in [1.807, 2.05) is 18.2 Å². The van der Waals surface area contributed by atoms with Gasteiger partial charge in [0.25, 0.3) is 0 Å². The molecule has 2 aromatic rings. The maximum absolute atomic E-state index is 10.9. The van der Waals surface area contributed by atoms with Gasteiger partial charge in [0.15, 0.2) is 5.75 Å². The van der Waals surface area contributed by atoms with E-state index < -0.39 is 5.97 Å². The number of carboxylic acid groups (broad SMARTS) is 1. The van der Waals surface area contributed by atoms with Crippen LogP contribution >= 0.6 is 0 Å². The zero-order chi connectivity index (χ0) is 14.5. The first-order chi connectivity index (χ1) is 9.60. The number of rotatable bonds is 5. The van der Waals surface area contributed by atoms with Crippen LogP contribution in [0.15, 0.2) is 42.5 Å². The van der Waals surface area contributed by atoms with Crippen molar-refractivity contribution in [3.05, 3.63) is 53.6 Å². The molecular weight excluding hydrogens is 258 g/mol. The van der Waals surface area contributed by atoms with E-state index in [-0.39, 0.29) is 5.56 Å². The molecule has 20 heavy (non-hydrogen) atoms. The lowest BCUT2D eigenvalue weighted by atomic mass is 10.2. The second-order valence-electron chi connectivity index (χ2n) is 4.24. The first-order valence-electron chi connectivity index (χ1n) is 5.98. The van der Waals surface area contributed by atoms with Gasteiger partial charge >= 0.3 is 5.97 Å². The number of nitrogen functional groups attached to an aromatic ring is 1. The van der Waals surface area contributed by atoms with Crippen LogP contribution in [-0.4, -0.2) is 18.2 Å². The summed E-state index contributed by atoms with van der Waals surface area (Å²) in [6.45, 7) is 0.474. The number of methoxy groups -OCH3 is 1. The smallest absolute Gasteiger partial charge is 0.335 e. The molecule has 0 heterocycles. The number of hydrogen-bond donors (Lipinski definition) is 2. The molecule has 104 valence electrons. The van der Waals surface area contributed by atoms with Gasteiger partial charge in [-0.2, -0.15) is 0 Å². The fourth-order valence-electron chi connectivity index (χ4n) is 1.75. The summed E-state index contributed by atoms with van der Waals surface area (Å²) in [5.74, 6) is -0.128. The van der Waals surface area contributed by atoms with Crippen molar-refractivity contribution in [1.29, 1.82) is 0 Å². The molecule has 3 N–H and O–H groups in total. The van der Waals surface area contributed by atoms with Crippen LogP contribution in [0, 0.1) is 0 Å². The molecular formula is C15H15NO4. The van der Waals surface area contributed by atoms with Crippen molar-refractivity contribution in [2.24, 2.45) is 0 Å². The first-order valence-corrected chi connectivity index (χ1v) is 5.98. The molecule has 2 aromatic carbocycles. The van der Waals surface area contributed by atoms with Crippen LogP contribution in [0.5, 0.6) is 11.5 Å². The monoisotopic (exact) mass is 273 g/mol. The van der Waals surface area contributed by atoms with Crippen LogP contribution in [0.2, 0.25) is 0 Å². The highest BCUT2D eigenvalue weighted by Crippen LogP contribution is 2.29. The summed E-state index contributed by atoms with van der Waals surface area (Å²) in [5, 5.41) is 8.97. The quantitative estimate of drug-likeness (QED) is 0.818. The molecule has 0 saturated carbocycles. The van der Waals surface area contributed by atoms with Crippen LogP contribution in [0.4, 0.5) is 5.69 Å². The molecule has 0 atom stereocenters. The van der Waals surface area contributed by atoms with Crippen LogP contribution in [-0.2, 0) is 11.3 Å². The zero-order valence-electron chi connectivity index (χ0n) is 11.0. The molecule has 0 spiro atoms. The summed E-state index contributed by atoms with van der Waals surface area (Å²) in [4.78, 5) is 10.9. The minimum atomic E-state index is -1.03. The van der Waals surface area contributed by atoms with Crippen molar-refractivity contribution in [3.8, 4) is 11.5 Å². The SMILES string of the molecule is COCc1cccc(Oc2cc(C(=O)O)ccc2N)c1. The largest absolute Gasteiger partial charge is 0.478 e. The number of aromatic carboxylic acids is 1. The topological polar surface area (TPSA) is 81.8 Å². The summed E-state index contributed by atoms with van der Waals surface area (Å²) in [6, 6.07) is 11.7. The van der Waals surface area contributed by atoms with E-state index in [1.165, 1.54) is 18.2 Å². The molecule has 0 aliphatic heterocycles. The van der Waals surface area contributed by atoms with E-state index in [0.717, 1.165) is 5.56 Å². The van der Waals surface area contributed by atoms with Crippen molar-refractivity contribution in [3.63, 3.8) is 0 Å². The van der Waals surface area contributed by atoms with E-state index in [2.05, 4.69) is 0 Å². The van der Waals surface area contributed by atoms with E-state index in [4.69, 9.17) is 20.3 Å². The maximum Gasteiger partial charge on any atom is 0.335 e. The molecule has 5 heteroatoms. The average molecular weight is 273 g/mol. The van der Waals surface area contributed by atoms with Gasteiger partial charge < -0.3 is 20.3 Å². The first kappa shape index (κ1) is 13.9. The number of ether oxygens (including phenoxy) is 2. The predicted octanol–water partition coefficient (Wildman–Crippen LogP) is 2.91. The van der Waals surface area contributed by atoms with Gasteiger partial charge in [-0.3, -0.25) is 0 Å². The van der Waals surface area contributed by atoms with E-state index in [9.17, 15) is 4.79 Å². The highest BCUT2D eigenvalue weighted by Gasteiger charge is 2.09. The number of carboxylic acids is 1. The molecule has 0 aromatic heterocycles. The predicted molar refractivity (Wildman–Crippen MR) is 75.0 cm³/mol. The molecule has 0 radical (unpaired) electrons. The van der Waals surface area contributed by atoms with Gasteiger partial charge in [-0.25, -0.2) is 4.79 Å². The molecule has 0 amide bonds. The van der Waals surface area contributed by atoms with Gasteiger partial charge in [-0.15, -0.1) is 0 Å². The van der Waals surface area contributed by atoms with Gasteiger partial charge in [-0.05, 0) is 35.9 Å². The number of benzene rings is 2. The Kier molecular flexibility index (Phi) is 4.22. The van der Waals surface area contributed by atoms with Gasteiger partial charge in [0, 0.05) is 7.11 Å². The Morgan fingerprint density at radius 3 is 2.75 bits per heavy atom. The van der Waals surface area contributed by atoms with Gasteiger partial charge in [0.1, 0.15) is 5.75 Å². The number of nitrogens with two attached hydrogens (primary N) is 1. The number of carbonyl (C=O) groups is 1. The third-order valence-electron chi connectivity index (χ3n) is 2.70. The number of hydrogen-bond acceptors (Lipinski definition) is 4. The lowest BCUT2D eigenvalue weighted by Crippen LogP contribution is -1.99. The Morgan fingerprint density at radius 2 is 2.05 bits per heavy atom. The molecule has 0 aliphatic carbocycles. The molecule has 0 fully saturated rings. The standard InChI is InChI=1S/C15H15NO4/c1-19-9-10-3-2-4-12(7-10)20-14-8-11(15(17)18)5-6-13(14)16/h2-8H,9,16H2,1H3,(H,17,18). The zero-order valence-corrected chi connectivity index (χ0v) is 11.0. The van der Waals surface area contributed by atoms with Crippen LogP contribution in [0.25, 0.3) is 0 Å². The lowest BCUT2D eigenvalue weighted by molar-refractivity contribution is 0.0696. The van der Waals surface area contributed by atoms with Crippen molar-refractivity contribution < 1.29 is 19.4 Å². The second kappa shape index (κ2) is 6.08. The molecule has 0 aliphatic rings. The minimum Gasteiger partial charge on any atom is -0.478 e. The van der Waals surface area contributed by atoms with Crippen molar-refractivity contribution in [2.45, 2.75) is 6.61 Å². The van der Waals surface area contributed by atoms with Gasteiger partial charge in [0.05, 0.1) is 17.9 Å². The normalized spacial score (nSPS) is 10.2. The van der Waals surface area contributed by atoms with Crippen molar-refractivity contribution >= 4 is 11.7 Å². The summed E-state index contributed by atoms with van der Waals surface area (Å²) in [6.07, 6.45) is 0. The van der Waals surface area contributed by atoms with Crippen molar-refractivity contribution in [2.75, 3.05) is 12.8 Å². The summed E-state index contributed by atoms with van der Waals surface area (Å²) >= 11 is 0. The lowest BCUT2D eigenvalue weighted by Gasteiger charge is -2.10. The third kappa shape index (κ3) is 3.27. The Bertz CT molecular complexity index is 625. The average Bonchev–Trinajstić information content (AvgIpc) is 2.42. The summed E-state index contributed by atoms with van der Waals surface area (Å²) < 4.78 is 10.7. The Labute approximate surface area is 116 Å². The minimum absolute atomic E-state index is 0.127. The Morgan fingerprint density at radius 1 is 1.25 bits per heavy atom. The summed E-state index contributed by atoms with van der Waals surface area (Å²) in [7, 11) is 1.61. The van der Waals surface area contributed by atoms with Gasteiger partial charge in [0.2, 0.25) is 0 Å². The van der Waals surface area contributed by atoms with Crippen LogP contribution in [0.3, 0.4) is 0 Å². The van der Waals surface area contributed by atoms with E-state index in [0.29, 0.717) is 23.8 Å². The third-order valence-corrected chi connectivity index (χ3v) is 2.70. The second-order valence-corrected chi connectivity index (χ2v) is 4.24. The highest BCUT2D eigenvalue weighted by atomic mass is 16.5. The summed E-state index contributed by atoms with van der Waals surface area (Å²) in [5.41, 5.74) is 7.26. The Hall–Kier alpha value is -2.53. The molecule has 5 nitrogen and oxygen atoms in total. The van der Waals surface area contributed by atoms with Crippen molar-refractivity contribution in [1.82, 2.24) is 0 Å². The highest BCUT2D eigenvalue weighted by molar-refractivity contribution is 5.89. The maximum atomic E-state index is 10.9.